The highest BCUT2D eigenvalue weighted by molar-refractivity contribution is 5.76. The van der Waals surface area contributed by atoms with Gasteiger partial charge in [0, 0.05) is 13.0 Å². The number of likely N-dealkylation sites (tertiary alicyclic amines) is 1. The molecule has 0 aliphatic carbocycles. The molecule has 0 spiro atoms. The van der Waals surface area contributed by atoms with Gasteiger partial charge < -0.3 is 10.2 Å². The van der Waals surface area contributed by atoms with E-state index < -0.39 is 0 Å². The van der Waals surface area contributed by atoms with Gasteiger partial charge in [-0.1, -0.05) is 12.1 Å². The summed E-state index contributed by atoms with van der Waals surface area (Å²) in [6.45, 7) is 3.03. The molecule has 110 valence electrons. The molecule has 20 heavy (non-hydrogen) atoms. The molecule has 0 bridgehead atoms. The Hall–Kier alpha value is -1.42. The molecular formula is C16H23FN2O. The molecule has 0 saturated carbocycles. The summed E-state index contributed by atoms with van der Waals surface area (Å²) >= 11 is 0. The summed E-state index contributed by atoms with van der Waals surface area (Å²) < 4.78 is 12.8. The van der Waals surface area contributed by atoms with Crippen LogP contribution in [0.25, 0.3) is 0 Å². The summed E-state index contributed by atoms with van der Waals surface area (Å²) in [4.78, 5) is 14.1. The zero-order chi connectivity index (χ0) is 14.4. The lowest BCUT2D eigenvalue weighted by atomic mass is 9.97. The summed E-state index contributed by atoms with van der Waals surface area (Å²) in [7, 11) is 2.14. The molecule has 1 amide bonds. The fraction of sp³-hybridized carbons (Fsp3) is 0.562. The zero-order valence-corrected chi connectivity index (χ0v) is 12.1. The van der Waals surface area contributed by atoms with Crippen molar-refractivity contribution in [2.75, 3.05) is 26.7 Å². The Morgan fingerprint density at radius 2 is 1.95 bits per heavy atom. The maximum atomic E-state index is 12.8. The van der Waals surface area contributed by atoms with Gasteiger partial charge in [-0.25, -0.2) is 4.39 Å². The molecule has 4 heteroatoms. The SMILES string of the molecule is CN1CCC(CNC(=O)CCc2ccc(F)cc2)CC1. The number of amides is 1. The molecule has 0 aromatic heterocycles. The van der Waals surface area contributed by atoms with Gasteiger partial charge in [0.2, 0.25) is 5.91 Å². The van der Waals surface area contributed by atoms with Crippen molar-refractivity contribution in [2.24, 2.45) is 5.92 Å². The Balaban J connectivity index is 1.64. The number of hydrogen-bond acceptors (Lipinski definition) is 2. The van der Waals surface area contributed by atoms with Crippen LogP contribution >= 0.6 is 0 Å². The number of halogens is 1. The Morgan fingerprint density at radius 1 is 1.30 bits per heavy atom. The van der Waals surface area contributed by atoms with Gasteiger partial charge in [0.05, 0.1) is 0 Å². The lowest BCUT2D eigenvalue weighted by Gasteiger charge is -2.28. The minimum absolute atomic E-state index is 0.0910. The monoisotopic (exact) mass is 278 g/mol. The quantitative estimate of drug-likeness (QED) is 0.895. The first-order chi connectivity index (χ1) is 9.63. The average molecular weight is 278 g/mol. The van der Waals surface area contributed by atoms with Gasteiger partial charge in [-0.2, -0.15) is 0 Å². The van der Waals surface area contributed by atoms with Crippen LogP contribution in [0.4, 0.5) is 4.39 Å². The summed E-state index contributed by atoms with van der Waals surface area (Å²) in [6.07, 6.45) is 3.46. The van der Waals surface area contributed by atoms with Crippen LogP contribution < -0.4 is 5.32 Å². The summed E-state index contributed by atoms with van der Waals surface area (Å²) in [5.41, 5.74) is 1.00. The van der Waals surface area contributed by atoms with Crippen LogP contribution in [0.1, 0.15) is 24.8 Å². The van der Waals surface area contributed by atoms with Crippen molar-refractivity contribution in [1.82, 2.24) is 10.2 Å². The van der Waals surface area contributed by atoms with E-state index in [-0.39, 0.29) is 11.7 Å². The van der Waals surface area contributed by atoms with E-state index in [2.05, 4.69) is 17.3 Å². The van der Waals surface area contributed by atoms with Crippen LogP contribution in [0.15, 0.2) is 24.3 Å². The van der Waals surface area contributed by atoms with E-state index in [0.717, 1.165) is 38.0 Å². The second kappa shape index (κ2) is 7.39. The van der Waals surface area contributed by atoms with Crippen LogP contribution in [0.2, 0.25) is 0 Å². The number of piperidine rings is 1. The van der Waals surface area contributed by atoms with Gasteiger partial charge in [0.25, 0.3) is 0 Å². The van der Waals surface area contributed by atoms with Gasteiger partial charge in [-0.3, -0.25) is 4.79 Å². The van der Waals surface area contributed by atoms with E-state index >= 15 is 0 Å². The first-order valence-electron chi connectivity index (χ1n) is 7.33. The second-order valence-electron chi connectivity index (χ2n) is 5.68. The number of rotatable bonds is 5. The molecule has 1 aliphatic heterocycles. The molecule has 1 aromatic carbocycles. The highest BCUT2D eigenvalue weighted by atomic mass is 19.1. The van der Waals surface area contributed by atoms with Crippen molar-refractivity contribution in [2.45, 2.75) is 25.7 Å². The number of nitrogens with zero attached hydrogens (tertiary/aromatic N) is 1. The van der Waals surface area contributed by atoms with E-state index in [1.807, 2.05) is 0 Å². The Bertz CT molecular complexity index is 425. The number of hydrogen-bond donors (Lipinski definition) is 1. The first-order valence-corrected chi connectivity index (χ1v) is 7.33. The Kier molecular flexibility index (Phi) is 5.53. The minimum atomic E-state index is -0.236. The molecule has 2 rings (SSSR count). The van der Waals surface area contributed by atoms with Crippen LogP contribution in [0.5, 0.6) is 0 Å². The molecule has 0 atom stereocenters. The predicted octanol–water partition coefficient (Wildman–Crippen LogP) is 2.22. The third-order valence-corrected chi connectivity index (χ3v) is 3.98. The molecular weight excluding hydrogens is 255 g/mol. The van der Waals surface area contributed by atoms with E-state index in [9.17, 15) is 9.18 Å². The summed E-state index contributed by atoms with van der Waals surface area (Å²) in [6, 6.07) is 6.34. The van der Waals surface area contributed by atoms with Crippen LogP contribution in [-0.4, -0.2) is 37.5 Å². The smallest absolute Gasteiger partial charge is 0.220 e. The highest BCUT2D eigenvalue weighted by Gasteiger charge is 2.16. The van der Waals surface area contributed by atoms with Gasteiger partial charge in [-0.05, 0) is 63.0 Å². The fourth-order valence-electron chi connectivity index (χ4n) is 2.52. The second-order valence-corrected chi connectivity index (χ2v) is 5.68. The summed E-state index contributed by atoms with van der Waals surface area (Å²) in [5.74, 6) is 0.467. The van der Waals surface area contributed by atoms with Crippen molar-refractivity contribution in [1.29, 1.82) is 0 Å². The van der Waals surface area contributed by atoms with Crippen molar-refractivity contribution < 1.29 is 9.18 Å². The molecule has 1 fully saturated rings. The predicted molar refractivity (Wildman–Crippen MR) is 78.0 cm³/mol. The lowest BCUT2D eigenvalue weighted by molar-refractivity contribution is -0.121. The molecule has 3 nitrogen and oxygen atoms in total. The maximum Gasteiger partial charge on any atom is 0.220 e. The van der Waals surface area contributed by atoms with Gasteiger partial charge in [0.1, 0.15) is 5.82 Å². The molecule has 1 aromatic rings. The zero-order valence-electron chi connectivity index (χ0n) is 12.1. The average Bonchev–Trinajstić information content (AvgIpc) is 2.46. The van der Waals surface area contributed by atoms with Crippen molar-refractivity contribution in [3.8, 4) is 0 Å². The van der Waals surface area contributed by atoms with Crippen molar-refractivity contribution >= 4 is 5.91 Å². The fourth-order valence-corrected chi connectivity index (χ4v) is 2.52. The molecule has 0 unspecified atom stereocenters. The first kappa shape index (κ1) is 15.0. The van der Waals surface area contributed by atoms with E-state index in [1.165, 1.54) is 12.1 Å². The number of aryl methyl sites for hydroxylation is 1. The Labute approximate surface area is 120 Å². The molecule has 1 N–H and O–H groups in total. The van der Waals surface area contributed by atoms with E-state index in [0.29, 0.717) is 18.8 Å². The van der Waals surface area contributed by atoms with E-state index in [4.69, 9.17) is 0 Å². The number of nitrogens with one attached hydrogen (secondary N) is 1. The molecule has 0 radical (unpaired) electrons. The number of carbonyl (C=O) groups excluding carboxylic acids is 1. The molecule has 1 saturated heterocycles. The maximum absolute atomic E-state index is 12.8. The topological polar surface area (TPSA) is 32.3 Å². The molecule has 1 heterocycles. The number of carbonyl (C=O) groups is 1. The molecule has 1 aliphatic rings. The lowest BCUT2D eigenvalue weighted by Crippen LogP contribution is -2.36. The van der Waals surface area contributed by atoms with Gasteiger partial charge in [0.15, 0.2) is 0 Å². The van der Waals surface area contributed by atoms with Gasteiger partial charge >= 0.3 is 0 Å². The third kappa shape index (κ3) is 4.93. The van der Waals surface area contributed by atoms with Crippen molar-refractivity contribution in [3.05, 3.63) is 35.6 Å². The van der Waals surface area contributed by atoms with E-state index in [1.54, 1.807) is 12.1 Å². The minimum Gasteiger partial charge on any atom is -0.356 e. The third-order valence-electron chi connectivity index (χ3n) is 3.98. The largest absolute Gasteiger partial charge is 0.356 e. The number of benzene rings is 1. The standard InChI is InChI=1S/C16H23FN2O/c1-19-10-8-14(9-11-19)12-18-16(20)7-4-13-2-5-15(17)6-3-13/h2-3,5-6,14H,4,7-12H2,1H3,(H,18,20). The Morgan fingerprint density at radius 3 is 2.60 bits per heavy atom. The van der Waals surface area contributed by atoms with Crippen LogP contribution in [0, 0.1) is 11.7 Å². The van der Waals surface area contributed by atoms with Crippen LogP contribution in [-0.2, 0) is 11.2 Å². The normalized spacial score (nSPS) is 17.1. The van der Waals surface area contributed by atoms with Crippen molar-refractivity contribution in [3.63, 3.8) is 0 Å². The van der Waals surface area contributed by atoms with Crippen LogP contribution in [0.3, 0.4) is 0 Å². The highest BCUT2D eigenvalue weighted by Crippen LogP contribution is 2.14. The van der Waals surface area contributed by atoms with Gasteiger partial charge in [-0.15, -0.1) is 0 Å². The summed E-state index contributed by atoms with van der Waals surface area (Å²) in [5, 5.41) is 3.02.